The number of rotatable bonds is 10. The number of aryl methyl sites for hydroxylation is 1. The molecule has 17 heteroatoms. The number of aromatic nitrogens is 6. The summed E-state index contributed by atoms with van der Waals surface area (Å²) in [7, 11) is 3.36. The summed E-state index contributed by atoms with van der Waals surface area (Å²) in [6, 6.07) is 9.12. The van der Waals surface area contributed by atoms with Crippen LogP contribution in [0.2, 0.25) is 5.02 Å². The van der Waals surface area contributed by atoms with Crippen molar-refractivity contribution in [1.29, 1.82) is 0 Å². The van der Waals surface area contributed by atoms with Gasteiger partial charge < -0.3 is 25.0 Å². The third-order valence-corrected chi connectivity index (χ3v) is 11.7. The number of piperidine rings is 1. The molecule has 57 heavy (non-hydrogen) atoms. The second kappa shape index (κ2) is 15.0. The van der Waals surface area contributed by atoms with Gasteiger partial charge in [-0.2, -0.15) is 10.1 Å². The number of likely N-dealkylation sites (N-methyl/N-ethyl adjacent to an activating group) is 1. The number of halogens is 1. The molecular formula is C40H45ClN10O6. The van der Waals surface area contributed by atoms with Crippen LogP contribution in [0.25, 0.3) is 21.9 Å². The zero-order chi connectivity index (χ0) is 40.2. The second-order valence-corrected chi connectivity index (χ2v) is 16.2. The third kappa shape index (κ3) is 7.33. The molecule has 3 N–H and O–H groups in total. The maximum absolute atomic E-state index is 13.2. The number of anilines is 3. The molecule has 2 aliphatic heterocycles. The standard InChI is InChI=1S/C40H45ClN10O6/c1-21(2)51-36-23(13-31(38(51)55)56-18-33(53)42-4)12-24(16-43-36)45-35-28(41)17-44-39(47-35)50-19-40(20-50)11-10-30(22(3)15-40)57-25-6-7-26-29(14-25)49(5)48-34(26)27-8-9-32(52)46-37(27)54/h6-7,12-14,16-17,21-22,27,30H,8-11,15,18-20H2,1-5H3,(H,42,53)(H,44,45,47)(H,46,52,54)/t22-,27-,30+/m1/s1. The lowest BCUT2D eigenvalue weighted by Gasteiger charge is -2.55. The van der Waals surface area contributed by atoms with Gasteiger partial charge in [-0.3, -0.25) is 33.7 Å². The number of imide groups is 1. The number of benzene rings is 1. The maximum Gasteiger partial charge on any atom is 0.294 e. The first-order valence-electron chi connectivity index (χ1n) is 19.2. The molecule has 1 aromatic carbocycles. The topological polar surface area (TPSA) is 187 Å². The molecule has 1 spiro atoms. The van der Waals surface area contributed by atoms with Crippen LogP contribution in [0.4, 0.5) is 17.5 Å². The molecule has 0 radical (unpaired) electrons. The van der Waals surface area contributed by atoms with Gasteiger partial charge in [-0.15, -0.1) is 0 Å². The average Bonchev–Trinajstić information content (AvgIpc) is 3.49. The van der Waals surface area contributed by atoms with Crippen LogP contribution in [0.1, 0.15) is 70.5 Å². The van der Waals surface area contributed by atoms with Crippen molar-refractivity contribution in [2.24, 2.45) is 18.4 Å². The molecule has 5 aromatic rings. The zero-order valence-corrected chi connectivity index (χ0v) is 33.2. The lowest BCUT2D eigenvalue weighted by molar-refractivity contribution is -0.134. The van der Waals surface area contributed by atoms with Crippen molar-refractivity contribution in [2.45, 2.75) is 70.9 Å². The van der Waals surface area contributed by atoms with Gasteiger partial charge in [0, 0.05) is 61.9 Å². The summed E-state index contributed by atoms with van der Waals surface area (Å²) in [6.07, 6.45) is 6.93. The average molecular weight is 797 g/mol. The van der Waals surface area contributed by atoms with Crippen LogP contribution >= 0.6 is 11.6 Å². The summed E-state index contributed by atoms with van der Waals surface area (Å²) in [6.45, 7) is 7.36. The molecule has 3 aliphatic rings. The van der Waals surface area contributed by atoms with Crippen LogP contribution < -0.4 is 35.9 Å². The summed E-state index contributed by atoms with van der Waals surface area (Å²) in [5.41, 5.74) is 2.41. The number of fused-ring (bicyclic) bond motifs is 2. The van der Waals surface area contributed by atoms with Gasteiger partial charge >= 0.3 is 0 Å². The number of ether oxygens (including phenoxy) is 2. The lowest BCUT2D eigenvalue weighted by Crippen LogP contribution is -2.60. The molecule has 298 valence electrons. The Labute approximate surface area is 333 Å². The minimum Gasteiger partial charge on any atom is -0.490 e. The smallest absolute Gasteiger partial charge is 0.294 e. The van der Waals surface area contributed by atoms with E-state index >= 15 is 0 Å². The van der Waals surface area contributed by atoms with E-state index in [2.05, 4.69) is 42.8 Å². The highest BCUT2D eigenvalue weighted by atomic mass is 35.5. The van der Waals surface area contributed by atoms with Gasteiger partial charge in [0.1, 0.15) is 22.5 Å². The molecule has 3 amide bonds. The molecule has 6 heterocycles. The van der Waals surface area contributed by atoms with E-state index in [1.165, 1.54) is 11.6 Å². The fourth-order valence-electron chi connectivity index (χ4n) is 8.54. The van der Waals surface area contributed by atoms with Crippen LogP contribution in [0.3, 0.4) is 0 Å². The van der Waals surface area contributed by atoms with Gasteiger partial charge in [-0.1, -0.05) is 18.5 Å². The van der Waals surface area contributed by atoms with Crippen molar-refractivity contribution in [2.75, 3.05) is 37.0 Å². The Bertz CT molecular complexity index is 2480. The molecule has 1 aliphatic carbocycles. The van der Waals surface area contributed by atoms with E-state index in [-0.39, 0.29) is 53.2 Å². The Hall–Kier alpha value is -5.77. The predicted octanol–water partition coefficient (Wildman–Crippen LogP) is 4.77. The fraction of sp³-hybridized carbons (Fsp3) is 0.450. The monoisotopic (exact) mass is 796 g/mol. The Balaban J connectivity index is 0.918. The van der Waals surface area contributed by atoms with Crippen molar-refractivity contribution < 1.29 is 23.9 Å². The van der Waals surface area contributed by atoms with Gasteiger partial charge in [0.25, 0.3) is 11.5 Å². The largest absolute Gasteiger partial charge is 0.490 e. The van der Waals surface area contributed by atoms with Gasteiger partial charge in [-0.05, 0) is 69.7 Å². The Kier molecular flexibility index (Phi) is 10.0. The van der Waals surface area contributed by atoms with Gasteiger partial charge in [0.05, 0.1) is 35.2 Å². The molecule has 0 unspecified atom stereocenters. The van der Waals surface area contributed by atoms with Gasteiger partial charge in [0.15, 0.2) is 18.2 Å². The summed E-state index contributed by atoms with van der Waals surface area (Å²) in [5.74, 6) is 0.791. The molecule has 16 nitrogen and oxygen atoms in total. The first kappa shape index (κ1) is 38.1. The number of hydrogen-bond donors (Lipinski definition) is 3. The summed E-state index contributed by atoms with van der Waals surface area (Å²) < 4.78 is 15.5. The van der Waals surface area contributed by atoms with Crippen molar-refractivity contribution in [1.82, 2.24) is 39.9 Å². The Morgan fingerprint density at radius 2 is 1.91 bits per heavy atom. The van der Waals surface area contributed by atoms with Crippen LogP contribution in [0.15, 0.2) is 47.5 Å². The number of hydrogen-bond acceptors (Lipinski definition) is 12. The molecule has 3 fully saturated rings. The Morgan fingerprint density at radius 1 is 1.11 bits per heavy atom. The van der Waals surface area contributed by atoms with Crippen molar-refractivity contribution in [3.63, 3.8) is 0 Å². The van der Waals surface area contributed by atoms with E-state index in [1.54, 1.807) is 23.1 Å². The van der Waals surface area contributed by atoms with Crippen molar-refractivity contribution in [3.05, 3.63) is 63.8 Å². The minimum absolute atomic E-state index is 0.0519. The van der Waals surface area contributed by atoms with E-state index in [0.717, 1.165) is 49.0 Å². The maximum atomic E-state index is 13.2. The highest BCUT2D eigenvalue weighted by molar-refractivity contribution is 6.33. The van der Waals surface area contributed by atoms with E-state index in [4.69, 9.17) is 26.1 Å². The molecule has 0 bridgehead atoms. The number of carbonyl (C=O) groups is 3. The van der Waals surface area contributed by atoms with Gasteiger partial charge in [-0.25, -0.2) is 9.97 Å². The second-order valence-electron chi connectivity index (χ2n) is 15.8. The number of pyridine rings is 2. The first-order valence-corrected chi connectivity index (χ1v) is 19.6. The zero-order valence-electron chi connectivity index (χ0n) is 32.5. The van der Waals surface area contributed by atoms with Gasteiger partial charge in [0.2, 0.25) is 17.8 Å². The van der Waals surface area contributed by atoms with E-state index in [9.17, 15) is 19.2 Å². The summed E-state index contributed by atoms with van der Waals surface area (Å²) >= 11 is 6.58. The molecule has 4 aromatic heterocycles. The number of nitrogens with zero attached hydrogens (tertiary/aromatic N) is 7. The fourth-order valence-corrected chi connectivity index (χ4v) is 8.68. The SMILES string of the molecule is CNC(=O)COc1cc2cc(Nc3nc(N4CC5(CC[C@H](Oc6ccc7c([C@H]8CCC(=O)NC8=O)nn(C)c7c6)[C@H](C)C5)C4)ncc3Cl)cnc2n(C(C)C)c1=O. The van der Waals surface area contributed by atoms with E-state index in [0.29, 0.717) is 58.0 Å². The molecular weight excluding hydrogens is 752 g/mol. The molecule has 8 rings (SSSR count). The quantitative estimate of drug-likeness (QED) is 0.165. The summed E-state index contributed by atoms with van der Waals surface area (Å²) in [5, 5.41) is 14.7. The minimum atomic E-state index is -0.455. The summed E-state index contributed by atoms with van der Waals surface area (Å²) in [4.78, 5) is 65.4. The van der Waals surface area contributed by atoms with Crippen LogP contribution in [-0.4, -0.2) is 79.9 Å². The van der Waals surface area contributed by atoms with E-state index < -0.39 is 5.92 Å². The highest BCUT2D eigenvalue weighted by Gasteiger charge is 2.49. The first-order chi connectivity index (χ1) is 27.3. The normalized spacial score (nSPS) is 20.5. The van der Waals surface area contributed by atoms with Crippen LogP contribution in [-0.2, 0) is 21.4 Å². The van der Waals surface area contributed by atoms with Crippen molar-refractivity contribution >= 4 is 68.7 Å². The predicted molar refractivity (Wildman–Crippen MR) is 214 cm³/mol. The van der Waals surface area contributed by atoms with Crippen LogP contribution in [0, 0.1) is 11.3 Å². The molecule has 1 saturated carbocycles. The highest BCUT2D eigenvalue weighted by Crippen LogP contribution is 2.48. The Morgan fingerprint density at radius 3 is 2.65 bits per heavy atom. The lowest BCUT2D eigenvalue weighted by atomic mass is 9.64. The number of amides is 3. The van der Waals surface area contributed by atoms with Crippen molar-refractivity contribution in [3.8, 4) is 11.5 Å². The van der Waals surface area contributed by atoms with E-state index in [1.807, 2.05) is 45.2 Å². The molecule has 3 atom stereocenters. The third-order valence-electron chi connectivity index (χ3n) is 11.4. The number of nitrogens with one attached hydrogen (secondary N) is 3. The van der Waals surface area contributed by atoms with Crippen LogP contribution in [0.5, 0.6) is 11.5 Å². The number of carbonyl (C=O) groups excluding carboxylic acids is 3. The molecule has 2 saturated heterocycles.